The number of nitrogens with zero attached hydrogens (tertiary/aromatic N) is 7. The van der Waals surface area contributed by atoms with Crippen molar-refractivity contribution in [3.8, 4) is 17.6 Å². The van der Waals surface area contributed by atoms with Gasteiger partial charge >= 0.3 is 6.03 Å². The lowest BCUT2D eigenvalue weighted by atomic mass is 9.60. The summed E-state index contributed by atoms with van der Waals surface area (Å²) in [4.78, 5) is 46.8. The number of benzene rings is 3. The van der Waals surface area contributed by atoms with Crippen LogP contribution in [0, 0.1) is 28.4 Å². The molecule has 10 rings (SSSR count). The molecule has 3 aliphatic carbocycles. The number of hydrogen-bond acceptors (Lipinski definition) is 10. The van der Waals surface area contributed by atoms with Gasteiger partial charge in [0.25, 0.3) is 5.56 Å². The zero-order chi connectivity index (χ0) is 44.7. The van der Waals surface area contributed by atoms with Crippen molar-refractivity contribution in [1.29, 1.82) is 5.26 Å². The van der Waals surface area contributed by atoms with Crippen LogP contribution in [-0.2, 0) is 26.6 Å². The molecule has 0 unspecified atom stereocenters. The molecule has 15 nitrogen and oxygen atoms in total. The van der Waals surface area contributed by atoms with Gasteiger partial charge in [-0.15, -0.1) is 0 Å². The second kappa shape index (κ2) is 15.7. The number of hydrogen-bond donors (Lipinski definition) is 2. The van der Waals surface area contributed by atoms with Gasteiger partial charge in [0.15, 0.2) is 17.4 Å². The number of likely N-dealkylation sites (tertiary alicyclic amines) is 1. The van der Waals surface area contributed by atoms with Gasteiger partial charge in [-0.05, 0) is 136 Å². The minimum Gasteiger partial charge on any atom is -0.453 e. The maximum atomic E-state index is 15.8. The number of anilines is 1. The van der Waals surface area contributed by atoms with Gasteiger partial charge in [-0.2, -0.15) is 10.4 Å². The van der Waals surface area contributed by atoms with E-state index in [1.165, 1.54) is 29.2 Å². The normalized spacial score (nSPS) is 22.8. The third kappa shape index (κ3) is 7.03. The van der Waals surface area contributed by atoms with E-state index in [2.05, 4.69) is 20.3 Å². The lowest BCUT2D eigenvalue weighted by Crippen LogP contribution is -2.51. The molecule has 5 aliphatic rings. The van der Waals surface area contributed by atoms with Gasteiger partial charge < -0.3 is 9.64 Å². The number of aromatic nitrogens is 4. The van der Waals surface area contributed by atoms with E-state index in [0.717, 1.165) is 76.0 Å². The smallest absolute Gasteiger partial charge is 0.329 e. The van der Waals surface area contributed by atoms with E-state index in [-0.39, 0.29) is 82.7 Å². The number of amides is 3. The molecule has 2 saturated heterocycles. The number of urea groups is 1. The molecular formula is C46H49F2N9O6S. The Morgan fingerprint density at radius 2 is 1.64 bits per heavy atom. The van der Waals surface area contributed by atoms with Crippen LogP contribution < -0.4 is 25.7 Å². The van der Waals surface area contributed by atoms with Gasteiger partial charge in [0.2, 0.25) is 15.9 Å². The summed E-state index contributed by atoms with van der Waals surface area (Å²) in [7, 11) is -2.37. The average Bonchev–Trinajstić information content (AvgIpc) is 3.89. The molecule has 5 aromatic rings. The Bertz CT molecular complexity index is 2950. The highest BCUT2D eigenvalue weighted by atomic mass is 32.2. The number of nitrogens with two attached hydrogens (primary N) is 1. The Morgan fingerprint density at radius 1 is 0.906 bits per heavy atom. The van der Waals surface area contributed by atoms with Gasteiger partial charge in [-0.25, -0.2) is 32.1 Å². The summed E-state index contributed by atoms with van der Waals surface area (Å²) < 4.78 is 64.7. The minimum absolute atomic E-state index is 0.0277. The number of carbonyl (C=O) groups is 2. The molecule has 1 spiro atoms. The summed E-state index contributed by atoms with van der Waals surface area (Å²) in [6.45, 7) is 2.11. The van der Waals surface area contributed by atoms with Crippen LogP contribution >= 0.6 is 0 Å². The standard InChI is InChI=1S/C46H49F2N9O6S/c1-54-39-22-31(37(48)21-33(39)42(53-54)56-17-12-40(58)52-44(56)60)27-4-6-28(7-5-27)55-18-15-45(16-19-55)23-29(24-45)57-26-51-38-11-8-30(20-32(38)43(57)59)63-41-34(25-49)35(9-10-36(41)47)46(64(50,61)62)13-2-3-14-46/h8-11,20-22,26-29H,2-7,12-19,23-24H2,1H3,(H2,50,61,62)(H,52,58,60). The highest BCUT2D eigenvalue weighted by Crippen LogP contribution is 2.55. The van der Waals surface area contributed by atoms with Crippen LogP contribution in [0.1, 0.15) is 112 Å². The van der Waals surface area contributed by atoms with Crippen LogP contribution in [0.25, 0.3) is 21.8 Å². The Labute approximate surface area is 368 Å². The number of piperidine rings is 1. The van der Waals surface area contributed by atoms with Crippen LogP contribution in [-0.4, -0.2) is 70.3 Å². The van der Waals surface area contributed by atoms with E-state index in [1.54, 1.807) is 28.7 Å². The second-order valence-corrected chi connectivity index (χ2v) is 20.5. The number of nitrogens with one attached hydrogen (secondary N) is 1. The number of aryl methyl sites for hydroxylation is 1. The van der Waals surface area contributed by atoms with Crippen molar-refractivity contribution in [3.63, 3.8) is 0 Å². The topological polar surface area (TPSA) is 199 Å². The fraction of sp³-hybridized carbons (Fsp3) is 0.478. The molecule has 3 amide bonds. The molecular weight excluding hydrogens is 845 g/mol. The summed E-state index contributed by atoms with van der Waals surface area (Å²) in [5.41, 5.74) is 1.62. The number of rotatable bonds is 8. The van der Waals surface area contributed by atoms with Crippen molar-refractivity contribution in [2.75, 3.05) is 24.5 Å². The summed E-state index contributed by atoms with van der Waals surface area (Å²) >= 11 is 0. The maximum absolute atomic E-state index is 15.8. The van der Waals surface area contributed by atoms with Crippen molar-refractivity contribution in [2.45, 2.75) is 106 Å². The summed E-state index contributed by atoms with van der Waals surface area (Å²) in [6.07, 6.45) is 10.8. The largest absolute Gasteiger partial charge is 0.453 e. The summed E-state index contributed by atoms with van der Waals surface area (Å²) in [5.74, 6) is -1.38. The number of halogens is 2. The lowest BCUT2D eigenvalue weighted by molar-refractivity contribution is -0.120. The zero-order valence-corrected chi connectivity index (χ0v) is 36.3. The zero-order valence-electron chi connectivity index (χ0n) is 35.5. The number of carbonyl (C=O) groups excluding carboxylic acids is 2. The van der Waals surface area contributed by atoms with Gasteiger partial charge in [-0.3, -0.25) is 29.1 Å². The Morgan fingerprint density at radius 3 is 2.33 bits per heavy atom. The highest BCUT2D eigenvalue weighted by molar-refractivity contribution is 7.90. The van der Waals surface area contributed by atoms with Gasteiger partial charge in [0.05, 0.1) is 22.7 Å². The quantitative estimate of drug-likeness (QED) is 0.166. The molecule has 2 aromatic heterocycles. The Kier molecular flexibility index (Phi) is 10.4. The Hall–Kier alpha value is -5.77. The molecule has 64 heavy (non-hydrogen) atoms. The number of fused-ring (bicyclic) bond motifs is 2. The third-order valence-electron chi connectivity index (χ3n) is 15.1. The van der Waals surface area contributed by atoms with Crippen molar-refractivity contribution in [1.82, 2.24) is 29.5 Å². The monoisotopic (exact) mass is 893 g/mol. The Balaban J connectivity index is 0.777. The first-order valence-electron chi connectivity index (χ1n) is 22.1. The van der Waals surface area contributed by atoms with Crippen LogP contribution in [0.5, 0.6) is 11.5 Å². The van der Waals surface area contributed by atoms with Crippen molar-refractivity contribution < 1.29 is 31.5 Å². The van der Waals surface area contributed by atoms with E-state index < -0.39 is 32.4 Å². The molecule has 3 N–H and O–H groups in total. The van der Waals surface area contributed by atoms with Gasteiger partial charge in [0.1, 0.15) is 27.9 Å². The molecule has 2 aliphatic heterocycles. The second-order valence-electron chi connectivity index (χ2n) is 18.6. The number of ether oxygens (including phenoxy) is 1. The molecule has 334 valence electrons. The molecule has 18 heteroatoms. The maximum Gasteiger partial charge on any atom is 0.329 e. The molecule has 0 radical (unpaired) electrons. The molecule has 5 fully saturated rings. The minimum atomic E-state index is -4.15. The fourth-order valence-corrected chi connectivity index (χ4v) is 12.9. The van der Waals surface area contributed by atoms with Gasteiger partial charge in [0, 0.05) is 37.5 Å². The van der Waals surface area contributed by atoms with E-state index in [1.807, 2.05) is 12.1 Å². The SMILES string of the molecule is Cn1nc(N2CCC(=O)NC2=O)c2cc(F)c(C3CCC(N4CCC5(CC4)CC(n4cnc6ccc(Oc7c(F)ccc(C8(S(N)(=O)=O)CCCC8)c7C#N)cc6c4=O)C5)CC3)cc21. The molecule has 0 bridgehead atoms. The first-order chi connectivity index (χ1) is 30.7. The van der Waals surface area contributed by atoms with E-state index in [9.17, 15) is 28.1 Å². The molecule has 3 aromatic carbocycles. The number of primary sulfonamides is 1. The summed E-state index contributed by atoms with van der Waals surface area (Å²) in [6, 6.07) is 12.2. The van der Waals surface area contributed by atoms with E-state index in [4.69, 9.17) is 9.88 Å². The van der Waals surface area contributed by atoms with Crippen molar-refractivity contribution in [3.05, 3.63) is 87.5 Å². The predicted octanol–water partition coefficient (Wildman–Crippen LogP) is 6.87. The van der Waals surface area contributed by atoms with E-state index >= 15 is 8.78 Å². The fourth-order valence-electron chi connectivity index (χ4n) is 11.6. The van der Waals surface area contributed by atoms with Crippen LogP contribution in [0.4, 0.5) is 19.4 Å². The third-order valence-corrected chi connectivity index (χ3v) is 16.9. The summed E-state index contributed by atoms with van der Waals surface area (Å²) in [5, 5.41) is 23.6. The van der Waals surface area contributed by atoms with Crippen LogP contribution in [0.3, 0.4) is 0 Å². The van der Waals surface area contributed by atoms with Crippen LogP contribution in [0.15, 0.2) is 53.6 Å². The van der Waals surface area contributed by atoms with Crippen molar-refractivity contribution in [2.24, 2.45) is 17.6 Å². The molecule has 3 saturated carbocycles. The van der Waals surface area contributed by atoms with E-state index in [0.29, 0.717) is 41.2 Å². The first-order valence-corrected chi connectivity index (χ1v) is 23.7. The predicted molar refractivity (Wildman–Crippen MR) is 233 cm³/mol. The molecule has 4 heterocycles. The van der Waals surface area contributed by atoms with Gasteiger partial charge in [-0.1, -0.05) is 18.9 Å². The van der Waals surface area contributed by atoms with Crippen LogP contribution in [0.2, 0.25) is 0 Å². The lowest BCUT2D eigenvalue weighted by Gasteiger charge is -2.54. The first kappa shape index (κ1) is 42.2. The number of nitriles is 1. The molecule has 0 atom stereocenters. The average molecular weight is 894 g/mol. The van der Waals surface area contributed by atoms with Crippen molar-refractivity contribution >= 4 is 49.6 Å². The highest BCUT2D eigenvalue weighted by Gasteiger charge is 2.49. The number of imide groups is 1. The number of sulfonamides is 1.